The van der Waals surface area contributed by atoms with Crippen LogP contribution in [0.4, 0.5) is 10.2 Å². The van der Waals surface area contributed by atoms with Gasteiger partial charge >= 0.3 is 0 Å². The molecule has 0 spiro atoms. The van der Waals surface area contributed by atoms with Gasteiger partial charge in [-0.1, -0.05) is 30.7 Å². The number of halogens is 2. The molecule has 1 aromatic carbocycles. The summed E-state index contributed by atoms with van der Waals surface area (Å²) in [6.45, 7) is 7.30. The molecule has 0 N–H and O–H groups in total. The Bertz CT molecular complexity index is 723. The third-order valence-electron chi connectivity index (χ3n) is 4.20. The lowest BCUT2D eigenvalue weighted by Crippen LogP contribution is -2.43. The molecule has 2 unspecified atom stereocenters. The van der Waals surface area contributed by atoms with E-state index >= 15 is 0 Å². The number of benzene rings is 1. The van der Waals surface area contributed by atoms with Gasteiger partial charge in [0.25, 0.3) is 0 Å². The van der Waals surface area contributed by atoms with Crippen LogP contribution in [0.15, 0.2) is 24.3 Å². The Balaban J connectivity index is 1.93. The van der Waals surface area contributed by atoms with Gasteiger partial charge in [0.15, 0.2) is 0 Å². The maximum absolute atomic E-state index is 13.2. The summed E-state index contributed by atoms with van der Waals surface area (Å²) in [4.78, 5) is 11.1. The van der Waals surface area contributed by atoms with Crippen LogP contribution in [-0.2, 0) is 11.2 Å². The second-order valence-electron chi connectivity index (χ2n) is 6.11. The number of hydrogen-bond donors (Lipinski definition) is 0. The van der Waals surface area contributed by atoms with E-state index in [1.54, 1.807) is 12.1 Å². The minimum Gasteiger partial charge on any atom is -0.367 e. The monoisotopic (exact) mass is 349 g/mol. The summed E-state index contributed by atoms with van der Waals surface area (Å²) in [5.74, 6) is 1.29. The van der Waals surface area contributed by atoms with E-state index in [-0.39, 0.29) is 18.0 Å². The molecule has 4 nitrogen and oxygen atoms in total. The minimum atomic E-state index is -0.244. The summed E-state index contributed by atoms with van der Waals surface area (Å²) >= 11 is 6.31. The lowest BCUT2D eigenvalue weighted by molar-refractivity contribution is -0.0177. The molecule has 0 amide bonds. The van der Waals surface area contributed by atoms with Crippen molar-refractivity contribution in [1.29, 1.82) is 0 Å². The van der Waals surface area contributed by atoms with Gasteiger partial charge < -0.3 is 9.64 Å². The first-order valence-corrected chi connectivity index (χ1v) is 8.54. The van der Waals surface area contributed by atoms with E-state index in [2.05, 4.69) is 14.9 Å². The van der Waals surface area contributed by atoms with Gasteiger partial charge in [0.05, 0.1) is 6.10 Å². The van der Waals surface area contributed by atoms with Crippen molar-refractivity contribution in [1.82, 2.24) is 9.97 Å². The average molecular weight is 350 g/mol. The Kier molecular flexibility index (Phi) is 5.01. The summed E-state index contributed by atoms with van der Waals surface area (Å²) < 4.78 is 19.2. The number of ether oxygens (including phenoxy) is 1. The van der Waals surface area contributed by atoms with Crippen LogP contribution >= 0.6 is 11.6 Å². The number of hydrogen-bond acceptors (Lipinski definition) is 4. The zero-order valence-electron chi connectivity index (χ0n) is 14.1. The first kappa shape index (κ1) is 17.1. The van der Waals surface area contributed by atoms with Gasteiger partial charge in [-0.3, -0.25) is 0 Å². The molecule has 3 rings (SSSR count). The van der Waals surface area contributed by atoms with E-state index in [1.807, 2.05) is 20.8 Å². The zero-order valence-corrected chi connectivity index (χ0v) is 14.8. The molecule has 1 saturated heterocycles. The molecule has 1 aliphatic heterocycles. The number of nitrogens with zero attached hydrogens (tertiary/aromatic N) is 3. The van der Waals surface area contributed by atoms with Crippen molar-refractivity contribution in [2.75, 3.05) is 18.0 Å². The number of rotatable bonds is 3. The quantitative estimate of drug-likeness (QED) is 0.782. The van der Waals surface area contributed by atoms with E-state index in [0.29, 0.717) is 17.5 Å². The van der Waals surface area contributed by atoms with Crippen molar-refractivity contribution in [2.24, 2.45) is 0 Å². The van der Waals surface area contributed by atoms with Crippen molar-refractivity contribution in [3.05, 3.63) is 52.2 Å². The maximum Gasteiger partial charge on any atom is 0.138 e. The highest BCUT2D eigenvalue weighted by atomic mass is 35.5. The molecular formula is C18H21ClFN3O. The van der Waals surface area contributed by atoms with Crippen LogP contribution in [0.3, 0.4) is 0 Å². The number of aromatic nitrogens is 2. The van der Waals surface area contributed by atoms with Crippen molar-refractivity contribution in [3.8, 4) is 0 Å². The Hall–Kier alpha value is -1.72. The number of anilines is 1. The highest BCUT2D eigenvalue weighted by molar-refractivity contribution is 6.30. The summed E-state index contributed by atoms with van der Waals surface area (Å²) in [6, 6.07) is 6.47. The number of morpholine rings is 1. The summed E-state index contributed by atoms with van der Waals surface area (Å²) in [5.41, 5.74) is 1.91. The first-order valence-electron chi connectivity index (χ1n) is 8.16. The van der Waals surface area contributed by atoms with Crippen LogP contribution in [-0.4, -0.2) is 29.2 Å². The zero-order chi connectivity index (χ0) is 17.3. The largest absolute Gasteiger partial charge is 0.367 e. The van der Waals surface area contributed by atoms with Crippen molar-refractivity contribution in [2.45, 2.75) is 39.4 Å². The molecule has 0 saturated carbocycles. The normalized spacial score (nSPS) is 21.1. The highest BCUT2D eigenvalue weighted by Crippen LogP contribution is 2.32. The van der Waals surface area contributed by atoms with Gasteiger partial charge in [-0.15, -0.1) is 0 Å². The third kappa shape index (κ3) is 3.52. The van der Waals surface area contributed by atoms with E-state index in [1.165, 1.54) is 12.1 Å². The van der Waals surface area contributed by atoms with Gasteiger partial charge in [-0.05, 0) is 38.0 Å². The van der Waals surface area contributed by atoms with Gasteiger partial charge in [0, 0.05) is 18.7 Å². The fourth-order valence-electron chi connectivity index (χ4n) is 3.10. The maximum atomic E-state index is 13.2. The molecule has 0 bridgehead atoms. The van der Waals surface area contributed by atoms with Gasteiger partial charge in [0.2, 0.25) is 0 Å². The number of aryl methyl sites for hydroxylation is 1. The molecule has 6 heteroatoms. The fraction of sp³-hybridized carbons (Fsp3) is 0.444. The SMILES string of the molecule is CCc1c(Cl)nc(C)nc1N1CC(C)OC(c2ccc(F)cc2)C1. The molecule has 2 heterocycles. The highest BCUT2D eigenvalue weighted by Gasteiger charge is 2.29. The summed E-state index contributed by atoms with van der Waals surface area (Å²) in [5, 5.41) is 0.512. The second-order valence-corrected chi connectivity index (χ2v) is 6.47. The first-order chi connectivity index (χ1) is 11.5. The molecule has 2 aromatic rings. The fourth-order valence-corrected chi connectivity index (χ4v) is 3.44. The van der Waals surface area contributed by atoms with Crippen molar-refractivity contribution >= 4 is 17.4 Å². The molecule has 0 radical (unpaired) electrons. The van der Waals surface area contributed by atoms with Crippen LogP contribution in [0.25, 0.3) is 0 Å². The van der Waals surface area contributed by atoms with E-state index in [0.717, 1.165) is 29.9 Å². The molecule has 1 aliphatic rings. The summed E-state index contributed by atoms with van der Waals surface area (Å²) in [6.07, 6.45) is 0.669. The predicted octanol–water partition coefficient (Wildman–Crippen LogP) is 4.11. The topological polar surface area (TPSA) is 38.2 Å². The molecule has 1 fully saturated rings. The Labute approximate surface area is 146 Å². The van der Waals surface area contributed by atoms with Crippen LogP contribution in [0.1, 0.15) is 36.9 Å². The second kappa shape index (κ2) is 7.03. The van der Waals surface area contributed by atoms with Gasteiger partial charge in [-0.2, -0.15) is 0 Å². The lowest BCUT2D eigenvalue weighted by atomic mass is 10.1. The van der Waals surface area contributed by atoms with Crippen LogP contribution < -0.4 is 4.90 Å². The van der Waals surface area contributed by atoms with Crippen LogP contribution in [0.2, 0.25) is 5.15 Å². The standard InChI is InChI=1S/C18H21ClFN3O/c1-4-15-17(19)21-12(3)22-18(15)23-9-11(2)24-16(10-23)13-5-7-14(20)8-6-13/h5-8,11,16H,4,9-10H2,1-3H3. The van der Waals surface area contributed by atoms with Gasteiger partial charge in [0.1, 0.15) is 28.7 Å². The Morgan fingerprint density at radius 2 is 1.96 bits per heavy atom. The predicted molar refractivity (Wildman–Crippen MR) is 93.1 cm³/mol. The Morgan fingerprint density at radius 1 is 1.25 bits per heavy atom. The molecule has 2 atom stereocenters. The smallest absolute Gasteiger partial charge is 0.138 e. The minimum absolute atomic E-state index is 0.0348. The van der Waals surface area contributed by atoms with Gasteiger partial charge in [-0.25, -0.2) is 14.4 Å². The molecule has 0 aliphatic carbocycles. The van der Waals surface area contributed by atoms with E-state index in [4.69, 9.17) is 16.3 Å². The third-order valence-corrected chi connectivity index (χ3v) is 4.51. The van der Waals surface area contributed by atoms with Crippen molar-refractivity contribution in [3.63, 3.8) is 0 Å². The molecule has 1 aromatic heterocycles. The van der Waals surface area contributed by atoms with E-state index in [9.17, 15) is 4.39 Å². The van der Waals surface area contributed by atoms with Crippen LogP contribution in [0, 0.1) is 12.7 Å². The summed E-state index contributed by atoms with van der Waals surface area (Å²) in [7, 11) is 0. The van der Waals surface area contributed by atoms with Crippen molar-refractivity contribution < 1.29 is 9.13 Å². The Morgan fingerprint density at radius 3 is 2.62 bits per heavy atom. The lowest BCUT2D eigenvalue weighted by Gasteiger charge is -2.38. The molecule has 128 valence electrons. The van der Waals surface area contributed by atoms with E-state index < -0.39 is 0 Å². The average Bonchev–Trinajstić information content (AvgIpc) is 2.54. The molecular weight excluding hydrogens is 329 g/mol. The van der Waals surface area contributed by atoms with Crippen LogP contribution in [0.5, 0.6) is 0 Å². The molecule has 24 heavy (non-hydrogen) atoms.